The second-order valence-electron chi connectivity index (χ2n) is 4.65. The van der Waals surface area contributed by atoms with Crippen molar-refractivity contribution in [3.8, 4) is 5.75 Å². The Hall–Kier alpha value is -1.24. The normalized spacial score (nSPS) is 17.7. The quantitative estimate of drug-likeness (QED) is 0.817. The van der Waals surface area contributed by atoms with Crippen LogP contribution in [0.3, 0.4) is 0 Å². The SMILES string of the molecule is CC(C)Oc1cc(Cl)c2c(c1)B(O)OC2CC(=O)O. The summed E-state index contributed by atoms with van der Waals surface area (Å²) in [5, 5.41) is 19.0. The number of halogens is 1. The lowest BCUT2D eigenvalue weighted by atomic mass is 9.79. The average Bonchev–Trinajstić information content (AvgIpc) is 2.54. The zero-order chi connectivity index (χ0) is 14.2. The summed E-state index contributed by atoms with van der Waals surface area (Å²) in [5.74, 6) is -0.485. The first-order valence-corrected chi connectivity index (χ1v) is 6.31. The molecule has 1 aromatic rings. The Morgan fingerprint density at radius 2 is 2.26 bits per heavy atom. The molecule has 5 nitrogen and oxygen atoms in total. The second-order valence-corrected chi connectivity index (χ2v) is 5.06. The number of rotatable bonds is 4. The van der Waals surface area contributed by atoms with Crippen molar-refractivity contribution in [1.29, 1.82) is 0 Å². The third kappa shape index (κ3) is 3.02. The number of benzene rings is 1. The van der Waals surface area contributed by atoms with Gasteiger partial charge in [0, 0.05) is 5.02 Å². The number of carboxylic acid groups (broad SMARTS) is 1. The highest BCUT2D eigenvalue weighted by atomic mass is 35.5. The van der Waals surface area contributed by atoms with E-state index in [0.29, 0.717) is 21.8 Å². The van der Waals surface area contributed by atoms with E-state index in [1.54, 1.807) is 12.1 Å². The highest BCUT2D eigenvalue weighted by molar-refractivity contribution is 6.62. The average molecular weight is 285 g/mol. The summed E-state index contributed by atoms with van der Waals surface area (Å²) >= 11 is 6.14. The third-order valence-electron chi connectivity index (χ3n) is 2.75. The van der Waals surface area contributed by atoms with Gasteiger partial charge in [0.2, 0.25) is 0 Å². The van der Waals surface area contributed by atoms with Gasteiger partial charge in [0.1, 0.15) is 5.75 Å². The van der Waals surface area contributed by atoms with Crippen molar-refractivity contribution < 1.29 is 24.3 Å². The van der Waals surface area contributed by atoms with Gasteiger partial charge in [0.15, 0.2) is 0 Å². The van der Waals surface area contributed by atoms with Crippen molar-refractivity contribution in [2.24, 2.45) is 0 Å². The zero-order valence-electron chi connectivity index (χ0n) is 10.6. The van der Waals surface area contributed by atoms with Gasteiger partial charge in [-0.05, 0) is 37.0 Å². The lowest BCUT2D eigenvalue weighted by Crippen LogP contribution is -2.28. The molecule has 0 fully saturated rings. The maximum Gasteiger partial charge on any atom is 0.492 e. The van der Waals surface area contributed by atoms with Gasteiger partial charge in [-0.25, -0.2) is 0 Å². The minimum atomic E-state index is -1.17. The molecule has 0 saturated carbocycles. The molecule has 0 amide bonds. The van der Waals surface area contributed by atoms with Crippen molar-refractivity contribution in [2.45, 2.75) is 32.5 Å². The van der Waals surface area contributed by atoms with Crippen LogP contribution in [0.15, 0.2) is 12.1 Å². The summed E-state index contributed by atoms with van der Waals surface area (Å²) in [4.78, 5) is 10.8. The molecule has 2 N–H and O–H groups in total. The van der Waals surface area contributed by atoms with E-state index in [0.717, 1.165) is 0 Å². The van der Waals surface area contributed by atoms with Crippen LogP contribution in [0.5, 0.6) is 5.75 Å². The standard InChI is InChI=1S/C12H14BClO5/c1-6(2)18-7-3-8-12(9(14)4-7)10(5-11(15)16)19-13(8)17/h3-4,6,10,17H,5H2,1-2H3,(H,15,16). The van der Waals surface area contributed by atoms with Gasteiger partial charge in [-0.3, -0.25) is 4.79 Å². The van der Waals surface area contributed by atoms with Gasteiger partial charge in [-0.1, -0.05) is 11.6 Å². The molecule has 1 unspecified atom stereocenters. The Morgan fingerprint density at radius 1 is 1.58 bits per heavy atom. The summed E-state index contributed by atoms with van der Waals surface area (Å²) in [7, 11) is -1.17. The van der Waals surface area contributed by atoms with Crippen LogP contribution in [0, 0.1) is 0 Å². The maximum atomic E-state index is 10.8. The van der Waals surface area contributed by atoms with Crippen molar-refractivity contribution >= 4 is 30.2 Å². The van der Waals surface area contributed by atoms with Crippen LogP contribution in [0.4, 0.5) is 0 Å². The van der Waals surface area contributed by atoms with E-state index in [1.165, 1.54) is 0 Å². The maximum absolute atomic E-state index is 10.8. The van der Waals surface area contributed by atoms with Crippen LogP contribution < -0.4 is 10.2 Å². The fourth-order valence-corrected chi connectivity index (χ4v) is 2.44. The number of ether oxygens (including phenoxy) is 1. The summed E-state index contributed by atoms with van der Waals surface area (Å²) in [6, 6.07) is 3.24. The number of carbonyl (C=O) groups is 1. The summed E-state index contributed by atoms with van der Waals surface area (Å²) in [5.41, 5.74) is 0.988. The molecule has 0 spiro atoms. The molecule has 1 aliphatic rings. The van der Waals surface area contributed by atoms with Crippen LogP contribution >= 0.6 is 11.6 Å². The highest BCUT2D eigenvalue weighted by Gasteiger charge is 2.38. The lowest BCUT2D eigenvalue weighted by Gasteiger charge is -2.14. The molecule has 0 aliphatic carbocycles. The molecular formula is C12H14BClO5. The van der Waals surface area contributed by atoms with Gasteiger partial charge in [-0.2, -0.15) is 0 Å². The Kier molecular flexibility index (Phi) is 4.03. The molecule has 1 heterocycles. The fourth-order valence-electron chi connectivity index (χ4n) is 2.10. The van der Waals surface area contributed by atoms with E-state index in [2.05, 4.69) is 0 Å². The van der Waals surface area contributed by atoms with Crippen LogP contribution in [0.25, 0.3) is 0 Å². The molecule has 19 heavy (non-hydrogen) atoms. The Labute approximate surface area is 116 Å². The van der Waals surface area contributed by atoms with E-state index >= 15 is 0 Å². The molecule has 0 radical (unpaired) electrons. The van der Waals surface area contributed by atoms with Crippen LogP contribution in [0.1, 0.15) is 31.9 Å². The van der Waals surface area contributed by atoms with E-state index in [1.807, 2.05) is 13.8 Å². The van der Waals surface area contributed by atoms with E-state index in [9.17, 15) is 9.82 Å². The molecule has 0 saturated heterocycles. The number of carboxylic acids is 1. The monoisotopic (exact) mass is 284 g/mol. The first-order valence-electron chi connectivity index (χ1n) is 5.93. The van der Waals surface area contributed by atoms with E-state index < -0.39 is 19.2 Å². The topological polar surface area (TPSA) is 76.0 Å². The van der Waals surface area contributed by atoms with E-state index in [-0.39, 0.29) is 12.5 Å². The minimum Gasteiger partial charge on any atom is -0.491 e. The number of aliphatic carboxylic acids is 1. The van der Waals surface area contributed by atoms with Crippen LogP contribution in [0.2, 0.25) is 5.02 Å². The van der Waals surface area contributed by atoms with Gasteiger partial charge in [-0.15, -0.1) is 0 Å². The largest absolute Gasteiger partial charge is 0.492 e. The summed E-state index contributed by atoms with van der Waals surface area (Å²) < 4.78 is 10.7. The van der Waals surface area contributed by atoms with Crippen molar-refractivity contribution in [2.75, 3.05) is 0 Å². The zero-order valence-corrected chi connectivity index (χ0v) is 11.3. The first kappa shape index (κ1) is 14.2. The van der Waals surface area contributed by atoms with Crippen LogP contribution in [-0.4, -0.2) is 29.3 Å². The molecule has 1 aromatic carbocycles. The minimum absolute atomic E-state index is 0.0246. The summed E-state index contributed by atoms with van der Waals surface area (Å²) in [6.07, 6.45) is -1.000. The number of hydrogen-bond acceptors (Lipinski definition) is 4. The lowest BCUT2D eigenvalue weighted by molar-refractivity contribution is -0.138. The van der Waals surface area contributed by atoms with Crippen molar-refractivity contribution in [1.82, 2.24) is 0 Å². The van der Waals surface area contributed by atoms with E-state index in [4.69, 9.17) is 26.1 Å². The predicted octanol–water partition coefficient (Wildman–Crippen LogP) is 1.36. The molecule has 1 atom stereocenters. The third-order valence-corrected chi connectivity index (χ3v) is 3.06. The Morgan fingerprint density at radius 3 is 2.84 bits per heavy atom. The Bertz CT molecular complexity index is 505. The second kappa shape index (κ2) is 5.40. The smallest absolute Gasteiger partial charge is 0.491 e. The molecule has 0 bridgehead atoms. The van der Waals surface area contributed by atoms with Crippen molar-refractivity contribution in [3.63, 3.8) is 0 Å². The van der Waals surface area contributed by atoms with Crippen molar-refractivity contribution in [3.05, 3.63) is 22.7 Å². The molecule has 2 rings (SSSR count). The highest BCUT2D eigenvalue weighted by Crippen LogP contribution is 2.34. The van der Waals surface area contributed by atoms with Crippen LogP contribution in [-0.2, 0) is 9.45 Å². The van der Waals surface area contributed by atoms with Gasteiger partial charge >= 0.3 is 13.1 Å². The van der Waals surface area contributed by atoms with Gasteiger partial charge in [0.05, 0.1) is 18.6 Å². The molecule has 1 aliphatic heterocycles. The summed E-state index contributed by atoms with van der Waals surface area (Å²) in [6.45, 7) is 3.75. The number of hydrogen-bond donors (Lipinski definition) is 2. The molecule has 0 aromatic heterocycles. The van der Waals surface area contributed by atoms with Gasteiger partial charge < -0.3 is 19.5 Å². The fraction of sp³-hybridized carbons (Fsp3) is 0.417. The number of fused-ring (bicyclic) bond motifs is 1. The molecule has 102 valence electrons. The first-order chi connectivity index (χ1) is 8.88. The predicted molar refractivity (Wildman–Crippen MR) is 70.9 cm³/mol. The molecule has 7 heteroatoms. The Balaban J connectivity index is 2.37. The van der Waals surface area contributed by atoms with Gasteiger partial charge in [0.25, 0.3) is 0 Å². The molecular weight excluding hydrogens is 270 g/mol.